The van der Waals surface area contributed by atoms with E-state index in [2.05, 4.69) is 166 Å². The Bertz CT molecular complexity index is 2630. The van der Waals surface area contributed by atoms with Crippen LogP contribution in [0.3, 0.4) is 0 Å². The lowest BCUT2D eigenvalue weighted by Crippen LogP contribution is -2.54. The van der Waals surface area contributed by atoms with Crippen LogP contribution in [-0.4, -0.2) is 0 Å². The van der Waals surface area contributed by atoms with E-state index in [1.165, 1.54) is 89.4 Å². The van der Waals surface area contributed by atoms with Crippen LogP contribution in [0.2, 0.25) is 0 Å². The van der Waals surface area contributed by atoms with E-state index in [1.807, 2.05) is 0 Å². The third-order valence-electron chi connectivity index (χ3n) is 12.2. The van der Waals surface area contributed by atoms with Gasteiger partial charge in [0.05, 0.1) is 16.7 Å². The summed E-state index contributed by atoms with van der Waals surface area (Å²) in [6, 6.07) is 41.6. The quantitative estimate of drug-likeness (QED) is 0.141. The minimum Gasteiger partial charge on any atom is -0.186 e. The summed E-state index contributed by atoms with van der Waals surface area (Å²) in [5.41, 5.74) is 21.4. The topological polar surface area (TPSA) is 11.6 Å². The predicted molar refractivity (Wildman–Crippen MR) is 211 cm³/mol. The highest BCUT2D eigenvalue weighted by atomic mass is 15.2. The Hall–Kier alpha value is -5.93. The molecule has 8 heterocycles. The molecule has 3 nitrogen and oxygen atoms in total. The summed E-state index contributed by atoms with van der Waals surface area (Å²) >= 11 is 0. The maximum atomic E-state index is 2.58. The SMILES string of the molecule is C1=C2C=C3CCc4ccc5[n+](c4)C[n+]4cc(ccc4-c4ccccc4/C=C(\c4ccccc4-5)C4c5ccccc5-c5ccc(c[n+]54)CC/C=C\3C1)CC2. The van der Waals surface area contributed by atoms with Crippen LogP contribution in [0.5, 0.6) is 0 Å². The minimum atomic E-state index is 0.0149. The number of hydrogen-bond acceptors (Lipinski definition) is 0. The van der Waals surface area contributed by atoms with Crippen LogP contribution in [0.25, 0.3) is 45.4 Å². The number of aryl methyl sites for hydroxylation is 3. The Labute approximate surface area is 311 Å². The number of fused-ring (bicyclic) bond motifs is 9. The van der Waals surface area contributed by atoms with E-state index in [0.717, 1.165) is 51.6 Å². The molecule has 6 aliphatic rings. The molecule has 6 aromatic rings. The Morgan fingerprint density at radius 1 is 0.472 bits per heavy atom. The molecule has 12 rings (SSSR count). The Morgan fingerprint density at radius 2 is 1.13 bits per heavy atom. The lowest BCUT2D eigenvalue weighted by molar-refractivity contribution is -0.903. The van der Waals surface area contributed by atoms with E-state index < -0.39 is 0 Å². The molecule has 254 valence electrons. The van der Waals surface area contributed by atoms with E-state index in [1.54, 1.807) is 0 Å². The van der Waals surface area contributed by atoms with Crippen molar-refractivity contribution < 1.29 is 13.7 Å². The number of nitrogens with zero attached hydrogens (tertiary/aromatic N) is 3. The van der Waals surface area contributed by atoms with Gasteiger partial charge in [0, 0.05) is 46.0 Å². The Kier molecular flexibility index (Phi) is 7.14. The molecular weight excluding hydrogens is 643 g/mol. The zero-order chi connectivity index (χ0) is 34.9. The first-order valence-electron chi connectivity index (χ1n) is 19.4. The standard InChI is InChI=1S/C50H42N3/c1-2-11-41-40(9-1)29-46-42-12-3-4-13-43(42)48-26-21-37-19-24-39-28-34(16-17-36-20-25-47(41)51(30-36)33-52(48)31-37)18-23-38(39)10-7-8-35-22-27-49-44-14-5-6-15-45(44)50(46)53(49)32-35/h1-6,9-15,18,20-22,25-32,50H,7-8,16-17,19,23-24,33H2/q+3/b38-10-,46-29+. The van der Waals surface area contributed by atoms with Crippen LogP contribution in [0.15, 0.2) is 163 Å². The van der Waals surface area contributed by atoms with E-state index in [9.17, 15) is 0 Å². The van der Waals surface area contributed by atoms with Crippen molar-refractivity contribution in [2.24, 2.45) is 0 Å². The summed E-state index contributed by atoms with van der Waals surface area (Å²) in [6.07, 6.45) is 24.6. The number of rotatable bonds is 0. The highest BCUT2D eigenvalue weighted by Crippen LogP contribution is 2.44. The molecule has 3 heteroatoms. The van der Waals surface area contributed by atoms with Crippen molar-refractivity contribution in [3.8, 4) is 33.8 Å². The van der Waals surface area contributed by atoms with Gasteiger partial charge in [-0.25, -0.2) is 0 Å². The zero-order valence-corrected chi connectivity index (χ0v) is 30.0. The van der Waals surface area contributed by atoms with Crippen molar-refractivity contribution in [3.05, 3.63) is 196 Å². The highest BCUT2D eigenvalue weighted by molar-refractivity contribution is 5.94. The third kappa shape index (κ3) is 5.21. The van der Waals surface area contributed by atoms with Gasteiger partial charge < -0.3 is 0 Å². The minimum absolute atomic E-state index is 0.0149. The van der Waals surface area contributed by atoms with Gasteiger partial charge in [-0.3, -0.25) is 0 Å². The van der Waals surface area contributed by atoms with Gasteiger partial charge in [0.1, 0.15) is 0 Å². The second kappa shape index (κ2) is 12.3. The first-order valence-corrected chi connectivity index (χ1v) is 19.4. The maximum Gasteiger partial charge on any atom is 0.344 e. The first kappa shape index (κ1) is 30.7. The van der Waals surface area contributed by atoms with Crippen molar-refractivity contribution in [1.29, 1.82) is 0 Å². The van der Waals surface area contributed by atoms with Gasteiger partial charge in [-0.05, 0) is 110 Å². The van der Waals surface area contributed by atoms with Crippen molar-refractivity contribution in [2.75, 3.05) is 0 Å². The van der Waals surface area contributed by atoms with Crippen LogP contribution >= 0.6 is 0 Å². The predicted octanol–water partition coefficient (Wildman–Crippen LogP) is 9.52. The molecule has 3 aromatic carbocycles. The Morgan fingerprint density at radius 3 is 1.96 bits per heavy atom. The number of allylic oxidation sites excluding steroid dienone is 7. The van der Waals surface area contributed by atoms with Gasteiger partial charge in [-0.1, -0.05) is 78.4 Å². The molecule has 53 heavy (non-hydrogen) atoms. The van der Waals surface area contributed by atoms with Crippen molar-refractivity contribution in [1.82, 2.24) is 0 Å². The normalized spacial score (nSPS) is 19.8. The summed E-state index contributed by atoms with van der Waals surface area (Å²) in [4.78, 5) is 0. The van der Waals surface area contributed by atoms with Crippen LogP contribution in [0.4, 0.5) is 0 Å². The molecule has 1 aliphatic carbocycles. The average molecular weight is 685 g/mol. The van der Waals surface area contributed by atoms with Crippen LogP contribution in [0.1, 0.15) is 65.1 Å². The molecular formula is C50H42N3+3. The van der Waals surface area contributed by atoms with Crippen LogP contribution < -0.4 is 13.7 Å². The maximum absolute atomic E-state index is 2.58. The third-order valence-corrected chi connectivity index (χ3v) is 12.2. The van der Waals surface area contributed by atoms with E-state index in [4.69, 9.17) is 0 Å². The molecule has 0 fully saturated rings. The summed E-state index contributed by atoms with van der Waals surface area (Å²) in [6.45, 7) is 0.730. The van der Waals surface area contributed by atoms with Gasteiger partial charge in [-0.2, -0.15) is 4.57 Å². The number of pyridine rings is 3. The molecule has 1 unspecified atom stereocenters. The molecule has 3 aromatic heterocycles. The molecule has 5 aliphatic heterocycles. The van der Waals surface area contributed by atoms with Crippen molar-refractivity contribution in [3.63, 3.8) is 0 Å². The lowest BCUT2D eigenvalue weighted by atomic mass is 9.86. The number of aromatic nitrogens is 3. The van der Waals surface area contributed by atoms with Gasteiger partial charge in [0.2, 0.25) is 23.1 Å². The fraction of sp³-hybridized carbons (Fsp3) is 0.180. The smallest absolute Gasteiger partial charge is 0.186 e. The molecule has 10 bridgehead atoms. The van der Waals surface area contributed by atoms with Gasteiger partial charge >= 0.3 is 6.67 Å². The monoisotopic (exact) mass is 684 g/mol. The summed E-state index contributed by atoms with van der Waals surface area (Å²) in [5.74, 6) is 0. The van der Waals surface area contributed by atoms with Crippen molar-refractivity contribution >= 4 is 11.6 Å². The number of benzene rings is 3. The molecule has 0 N–H and O–H groups in total. The van der Waals surface area contributed by atoms with E-state index in [0.29, 0.717) is 0 Å². The molecule has 0 amide bonds. The summed E-state index contributed by atoms with van der Waals surface area (Å²) < 4.78 is 7.62. The molecule has 0 saturated carbocycles. The van der Waals surface area contributed by atoms with Crippen molar-refractivity contribution in [2.45, 2.75) is 57.7 Å². The molecule has 0 spiro atoms. The zero-order valence-electron chi connectivity index (χ0n) is 30.0. The number of hydrogen-bond donors (Lipinski definition) is 0. The van der Waals surface area contributed by atoms with Crippen LogP contribution in [-0.2, 0) is 25.9 Å². The fourth-order valence-electron chi connectivity index (χ4n) is 9.60. The van der Waals surface area contributed by atoms with E-state index >= 15 is 0 Å². The summed E-state index contributed by atoms with van der Waals surface area (Å²) in [7, 11) is 0. The van der Waals surface area contributed by atoms with Gasteiger partial charge in [-0.15, -0.1) is 9.13 Å². The highest BCUT2D eigenvalue weighted by Gasteiger charge is 2.41. The van der Waals surface area contributed by atoms with Gasteiger partial charge in [0.25, 0.3) is 0 Å². The second-order valence-electron chi connectivity index (χ2n) is 15.4. The Balaban J connectivity index is 1.28. The largest absolute Gasteiger partial charge is 0.344 e. The lowest BCUT2D eigenvalue weighted by Gasteiger charge is -2.19. The van der Waals surface area contributed by atoms with E-state index in [-0.39, 0.29) is 6.04 Å². The summed E-state index contributed by atoms with van der Waals surface area (Å²) in [5, 5.41) is 0. The fourth-order valence-corrected chi connectivity index (χ4v) is 9.60. The molecule has 1 atom stereocenters. The first-order chi connectivity index (χ1) is 26.2. The molecule has 0 radical (unpaired) electrons. The average Bonchev–Trinajstić information content (AvgIpc) is 3.51. The van der Waals surface area contributed by atoms with Gasteiger partial charge in [0.15, 0.2) is 18.6 Å². The second-order valence-corrected chi connectivity index (χ2v) is 15.4. The molecule has 0 saturated heterocycles. The van der Waals surface area contributed by atoms with Crippen LogP contribution in [0, 0.1) is 0 Å².